The van der Waals surface area contributed by atoms with Gasteiger partial charge in [-0.3, -0.25) is 4.79 Å². The number of hydrogen-bond acceptors (Lipinski definition) is 4. The number of hydrogen-bond donors (Lipinski definition) is 1. The van der Waals surface area contributed by atoms with Crippen LogP contribution in [0.1, 0.15) is 12.8 Å². The maximum atomic E-state index is 11.7. The Kier molecular flexibility index (Phi) is 4.28. The molecule has 1 unspecified atom stereocenters. The summed E-state index contributed by atoms with van der Waals surface area (Å²) in [6.45, 7) is 0.702. The van der Waals surface area contributed by atoms with Gasteiger partial charge in [0.25, 0.3) is 0 Å². The van der Waals surface area contributed by atoms with Crippen molar-refractivity contribution in [2.75, 3.05) is 31.3 Å². The van der Waals surface area contributed by atoms with Crippen LogP contribution in [0.25, 0.3) is 0 Å². The molecule has 5 nitrogen and oxygen atoms in total. The van der Waals surface area contributed by atoms with Crippen LogP contribution in [0.5, 0.6) is 0 Å². The number of rotatable bonds is 3. The number of amides is 1. The SMILES string of the molecule is O=C(O)C1COCC(=O)N1CC1CCSCC1. The summed E-state index contributed by atoms with van der Waals surface area (Å²) >= 11 is 1.92. The Morgan fingerprint density at radius 1 is 1.47 bits per heavy atom. The Bertz CT molecular complexity index is 304. The van der Waals surface area contributed by atoms with Gasteiger partial charge in [-0.2, -0.15) is 11.8 Å². The topological polar surface area (TPSA) is 66.8 Å². The molecule has 0 aromatic rings. The largest absolute Gasteiger partial charge is 0.480 e. The molecule has 0 saturated carbocycles. The van der Waals surface area contributed by atoms with Gasteiger partial charge in [-0.05, 0) is 30.3 Å². The van der Waals surface area contributed by atoms with Gasteiger partial charge >= 0.3 is 5.97 Å². The molecule has 2 aliphatic rings. The normalized spacial score (nSPS) is 27.2. The van der Waals surface area contributed by atoms with E-state index in [0.717, 1.165) is 24.3 Å². The van der Waals surface area contributed by atoms with Crippen molar-refractivity contribution in [2.24, 2.45) is 5.92 Å². The number of carboxylic acids is 1. The highest BCUT2D eigenvalue weighted by Gasteiger charge is 2.35. The Balaban J connectivity index is 1.98. The fourth-order valence-electron chi connectivity index (χ4n) is 2.25. The third-order valence-corrected chi connectivity index (χ3v) is 4.33. The van der Waals surface area contributed by atoms with E-state index in [9.17, 15) is 9.59 Å². The fraction of sp³-hybridized carbons (Fsp3) is 0.818. The summed E-state index contributed by atoms with van der Waals surface area (Å²) in [5, 5.41) is 9.08. The number of morpholine rings is 1. The summed E-state index contributed by atoms with van der Waals surface area (Å²) in [5.74, 6) is 1.51. The van der Waals surface area contributed by atoms with Crippen molar-refractivity contribution in [1.29, 1.82) is 0 Å². The number of ether oxygens (including phenoxy) is 1. The van der Waals surface area contributed by atoms with E-state index in [4.69, 9.17) is 9.84 Å². The first kappa shape index (κ1) is 12.7. The minimum atomic E-state index is -0.969. The van der Waals surface area contributed by atoms with E-state index >= 15 is 0 Å². The average Bonchev–Trinajstić information content (AvgIpc) is 2.33. The lowest BCUT2D eigenvalue weighted by Crippen LogP contribution is -2.54. The van der Waals surface area contributed by atoms with Crippen LogP contribution in [-0.2, 0) is 14.3 Å². The number of thioether (sulfide) groups is 1. The first-order chi connectivity index (χ1) is 8.18. The standard InChI is InChI=1S/C11H17NO4S/c13-10-7-16-6-9(11(14)15)12(10)5-8-1-3-17-4-2-8/h8-9H,1-7H2,(H,14,15). The number of nitrogens with zero attached hydrogens (tertiary/aromatic N) is 1. The predicted octanol–water partition coefficient (Wildman–Crippen LogP) is 0.442. The number of carbonyl (C=O) groups is 2. The van der Waals surface area contributed by atoms with Crippen molar-refractivity contribution in [3.8, 4) is 0 Å². The van der Waals surface area contributed by atoms with Crippen molar-refractivity contribution in [2.45, 2.75) is 18.9 Å². The second-order valence-corrected chi connectivity index (χ2v) is 5.70. The van der Waals surface area contributed by atoms with Gasteiger partial charge in [-0.25, -0.2) is 4.79 Å². The van der Waals surface area contributed by atoms with Crippen LogP contribution in [0.2, 0.25) is 0 Å². The van der Waals surface area contributed by atoms with Gasteiger partial charge in [-0.1, -0.05) is 0 Å². The van der Waals surface area contributed by atoms with Gasteiger partial charge in [0.2, 0.25) is 5.91 Å². The van der Waals surface area contributed by atoms with E-state index < -0.39 is 12.0 Å². The number of aliphatic carboxylic acids is 1. The molecule has 17 heavy (non-hydrogen) atoms. The predicted molar refractivity (Wildman–Crippen MR) is 64.0 cm³/mol. The smallest absolute Gasteiger partial charge is 0.328 e. The highest BCUT2D eigenvalue weighted by atomic mass is 32.2. The van der Waals surface area contributed by atoms with Crippen LogP contribution in [0, 0.1) is 5.92 Å². The molecule has 0 radical (unpaired) electrons. The zero-order valence-electron chi connectivity index (χ0n) is 9.63. The van der Waals surface area contributed by atoms with Crippen molar-refractivity contribution >= 4 is 23.6 Å². The van der Waals surface area contributed by atoms with Crippen molar-refractivity contribution in [1.82, 2.24) is 4.90 Å². The summed E-state index contributed by atoms with van der Waals surface area (Å²) < 4.78 is 5.00. The Hall–Kier alpha value is -0.750. The van der Waals surface area contributed by atoms with Crippen LogP contribution in [-0.4, -0.2) is 59.2 Å². The van der Waals surface area contributed by atoms with Crippen LogP contribution in [0.15, 0.2) is 0 Å². The molecule has 0 bridgehead atoms. The van der Waals surface area contributed by atoms with E-state index in [2.05, 4.69) is 0 Å². The van der Waals surface area contributed by atoms with Gasteiger partial charge in [0, 0.05) is 6.54 Å². The van der Waals surface area contributed by atoms with Gasteiger partial charge in [0.05, 0.1) is 6.61 Å². The quantitative estimate of drug-likeness (QED) is 0.796. The molecule has 1 atom stereocenters. The first-order valence-corrected chi connectivity index (χ1v) is 7.01. The third kappa shape index (κ3) is 3.13. The molecule has 2 heterocycles. The summed E-state index contributed by atoms with van der Waals surface area (Å²) in [4.78, 5) is 24.3. The number of carboxylic acid groups (broad SMARTS) is 1. The van der Waals surface area contributed by atoms with E-state index in [1.54, 1.807) is 0 Å². The zero-order chi connectivity index (χ0) is 12.3. The molecular formula is C11H17NO4S. The zero-order valence-corrected chi connectivity index (χ0v) is 10.4. The maximum absolute atomic E-state index is 11.7. The van der Waals surface area contributed by atoms with E-state index in [0.29, 0.717) is 12.5 Å². The molecule has 2 saturated heterocycles. The van der Waals surface area contributed by atoms with Crippen LogP contribution in [0.3, 0.4) is 0 Å². The van der Waals surface area contributed by atoms with Gasteiger partial charge in [0.15, 0.2) is 6.04 Å². The van der Waals surface area contributed by atoms with Crippen LogP contribution < -0.4 is 0 Å². The lowest BCUT2D eigenvalue weighted by molar-refractivity contribution is -0.163. The second kappa shape index (κ2) is 5.73. The lowest BCUT2D eigenvalue weighted by Gasteiger charge is -2.36. The lowest BCUT2D eigenvalue weighted by atomic mass is 10.0. The Morgan fingerprint density at radius 3 is 2.82 bits per heavy atom. The van der Waals surface area contributed by atoms with Crippen LogP contribution >= 0.6 is 11.8 Å². The molecule has 0 aromatic carbocycles. The molecule has 0 spiro atoms. The van der Waals surface area contributed by atoms with E-state index in [1.807, 2.05) is 11.8 Å². The highest BCUT2D eigenvalue weighted by Crippen LogP contribution is 2.24. The molecule has 1 amide bonds. The maximum Gasteiger partial charge on any atom is 0.328 e. The first-order valence-electron chi connectivity index (χ1n) is 5.86. The Morgan fingerprint density at radius 2 is 2.18 bits per heavy atom. The minimum absolute atomic E-state index is 0.0191. The van der Waals surface area contributed by atoms with E-state index in [-0.39, 0.29) is 19.1 Å². The molecule has 96 valence electrons. The molecule has 2 rings (SSSR count). The highest BCUT2D eigenvalue weighted by molar-refractivity contribution is 7.99. The molecule has 1 N–H and O–H groups in total. The summed E-state index contributed by atoms with van der Waals surface area (Å²) in [6.07, 6.45) is 2.14. The second-order valence-electron chi connectivity index (χ2n) is 4.47. The van der Waals surface area contributed by atoms with Gasteiger partial charge < -0.3 is 14.7 Å². The van der Waals surface area contributed by atoms with Gasteiger partial charge in [0.1, 0.15) is 6.61 Å². The van der Waals surface area contributed by atoms with E-state index in [1.165, 1.54) is 4.90 Å². The van der Waals surface area contributed by atoms with Gasteiger partial charge in [-0.15, -0.1) is 0 Å². The van der Waals surface area contributed by atoms with Crippen molar-refractivity contribution in [3.63, 3.8) is 0 Å². The summed E-state index contributed by atoms with van der Waals surface area (Å²) in [5.41, 5.74) is 0. The van der Waals surface area contributed by atoms with Crippen molar-refractivity contribution < 1.29 is 19.4 Å². The molecule has 6 heteroatoms. The number of carbonyl (C=O) groups excluding carboxylic acids is 1. The molecule has 2 aliphatic heterocycles. The fourth-order valence-corrected chi connectivity index (χ4v) is 3.45. The Labute approximate surface area is 104 Å². The molecular weight excluding hydrogens is 242 g/mol. The summed E-state index contributed by atoms with van der Waals surface area (Å²) in [6, 6.07) is -0.800. The third-order valence-electron chi connectivity index (χ3n) is 3.28. The minimum Gasteiger partial charge on any atom is -0.480 e. The molecule has 0 aliphatic carbocycles. The summed E-state index contributed by atoms with van der Waals surface area (Å²) in [7, 11) is 0. The van der Waals surface area contributed by atoms with Crippen LogP contribution in [0.4, 0.5) is 0 Å². The van der Waals surface area contributed by atoms with Crippen molar-refractivity contribution in [3.05, 3.63) is 0 Å². The monoisotopic (exact) mass is 259 g/mol. The average molecular weight is 259 g/mol. The molecule has 0 aromatic heterocycles. The molecule has 2 fully saturated rings.